The number of rotatable bonds is 7. The number of nitriles is 2. The summed E-state index contributed by atoms with van der Waals surface area (Å²) in [5.74, 6) is 1.15. The van der Waals surface area contributed by atoms with Crippen LogP contribution < -0.4 is 10.1 Å². The van der Waals surface area contributed by atoms with E-state index in [1.807, 2.05) is 18.2 Å². The van der Waals surface area contributed by atoms with Crippen molar-refractivity contribution >= 4 is 11.6 Å². The number of nitrogens with zero attached hydrogens (tertiary/aromatic N) is 3. The number of ether oxygens (including phenoxy) is 1. The number of hydrogen-bond donors (Lipinski definition) is 1. The van der Waals surface area contributed by atoms with Gasteiger partial charge in [0, 0.05) is 19.3 Å². The topological polar surface area (TPSA) is 89.2 Å². The Balaban J connectivity index is 1.95. The van der Waals surface area contributed by atoms with Crippen LogP contribution in [-0.2, 0) is 4.79 Å². The summed E-state index contributed by atoms with van der Waals surface area (Å²) in [6.07, 6.45) is 0.313. The summed E-state index contributed by atoms with van der Waals surface area (Å²) in [5, 5.41) is 20.7. The van der Waals surface area contributed by atoms with Crippen LogP contribution in [-0.4, -0.2) is 30.4 Å². The summed E-state index contributed by atoms with van der Waals surface area (Å²) >= 11 is 0. The SMILES string of the molecule is C[C@@H](Nc1ccc(Oc2cccc(C#N)c2)cc1)C(=O)N(C)CCC#N. The smallest absolute Gasteiger partial charge is 0.244 e. The molecule has 6 heteroatoms. The average molecular weight is 348 g/mol. The summed E-state index contributed by atoms with van der Waals surface area (Å²) in [7, 11) is 1.68. The molecule has 0 spiro atoms. The second-order valence-corrected chi connectivity index (χ2v) is 5.80. The minimum absolute atomic E-state index is 0.0751. The van der Waals surface area contributed by atoms with Crippen molar-refractivity contribution in [2.24, 2.45) is 0 Å². The average Bonchev–Trinajstić information content (AvgIpc) is 2.67. The van der Waals surface area contributed by atoms with Crippen molar-refractivity contribution in [3.8, 4) is 23.6 Å². The summed E-state index contributed by atoms with van der Waals surface area (Å²) in [5.41, 5.74) is 1.33. The number of likely N-dealkylation sites (N-methyl/N-ethyl adjacent to an activating group) is 1. The number of hydrogen-bond acceptors (Lipinski definition) is 5. The Kier molecular flexibility index (Phi) is 6.59. The van der Waals surface area contributed by atoms with E-state index in [1.165, 1.54) is 0 Å². The normalized spacial score (nSPS) is 10.9. The van der Waals surface area contributed by atoms with Crippen molar-refractivity contribution < 1.29 is 9.53 Å². The van der Waals surface area contributed by atoms with Gasteiger partial charge in [-0.15, -0.1) is 0 Å². The number of carbonyl (C=O) groups is 1. The lowest BCUT2D eigenvalue weighted by molar-refractivity contribution is -0.130. The molecule has 132 valence electrons. The standard InChI is InChI=1S/C20H20N4O2/c1-15(20(25)24(2)12-4-11-21)23-17-7-9-18(10-8-17)26-19-6-3-5-16(13-19)14-22/h3,5-10,13,15,23H,4,12H2,1-2H3/t15-/m1/s1. The predicted molar refractivity (Wildman–Crippen MR) is 98.6 cm³/mol. The molecule has 2 rings (SSSR count). The minimum atomic E-state index is -0.405. The number of carbonyl (C=O) groups excluding carboxylic acids is 1. The van der Waals surface area contributed by atoms with Crippen LogP contribution in [0.3, 0.4) is 0 Å². The van der Waals surface area contributed by atoms with Crippen LogP contribution in [0.25, 0.3) is 0 Å². The zero-order valence-corrected chi connectivity index (χ0v) is 14.8. The van der Waals surface area contributed by atoms with Gasteiger partial charge in [0.25, 0.3) is 0 Å². The molecule has 0 aliphatic rings. The Bertz CT molecular complexity index is 834. The first-order chi connectivity index (χ1) is 12.5. The van der Waals surface area contributed by atoms with E-state index < -0.39 is 6.04 Å². The summed E-state index contributed by atoms with van der Waals surface area (Å²) in [6, 6.07) is 17.9. The van der Waals surface area contributed by atoms with Crippen molar-refractivity contribution in [3.63, 3.8) is 0 Å². The van der Waals surface area contributed by atoms with Crippen LogP contribution in [0.15, 0.2) is 48.5 Å². The molecule has 1 N–H and O–H groups in total. The third kappa shape index (κ3) is 5.25. The van der Waals surface area contributed by atoms with Gasteiger partial charge >= 0.3 is 0 Å². The minimum Gasteiger partial charge on any atom is -0.457 e. The molecule has 1 atom stereocenters. The molecule has 1 amide bonds. The van der Waals surface area contributed by atoms with Crippen molar-refractivity contribution in [2.45, 2.75) is 19.4 Å². The van der Waals surface area contributed by atoms with Crippen molar-refractivity contribution in [2.75, 3.05) is 18.9 Å². The number of benzene rings is 2. The molecule has 0 aliphatic carbocycles. The fourth-order valence-electron chi connectivity index (χ4n) is 2.35. The molecule has 26 heavy (non-hydrogen) atoms. The second-order valence-electron chi connectivity index (χ2n) is 5.80. The predicted octanol–water partition coefficient (Wildman–Crippen LogP) is 3.52. The molecule has 2 aromatic carbocycles. The molecule has 0 unspecified atom stereocenters. The second kappa shape index (κ2) is 9.10. The number of nitrogens with one attached hydrogen (secondary N) is 1. The summed E-state index contributed by atoms with van der Waals surface area (Å²) < 4.78 is 5.73. The van der Waals surface area contributed by atoms with Crippen LogP contribution in [0.4, 0.5) is 5.69 Å². The summed E-state index contributed by atoms with van der Waals surface area (Å²) in [6.45, 7) is 2.19. The molecule has 0 radical (unpaired) electrons. The van der Waals surface area contributed by atoms with E-state index >= 15 is 0 Å². The quantitative estimate of drug-likeness (QED) is 0.827. The van der Waals surface area contributed by atoms with Gasteiger partial charge in [-0.25, -0.2) is 0 Å². The van der Waals surface area contributed by atoms with Crippen LogP contribution in [0.2, 0.25) is 0 Å². The molecular weight excluding hydrogens is 328 g/mol. The lowest BCUT2D eigenvalue weighted by atomic mass is 10.2. The largest absolute Gasteiger partial charge is 0.457 e. The molecular formula is C20H20N4O2. The maximum Gasteiger partial charge on any atom is 0.244 e. The molecule has 0 heterocycles. The zero-order valence-electron chi connectivity index (χ0n) is 14.8. The van der Waals surface area contributed by atoms with Crippen LogP contribution in [0.1, 0.15) is 18.9 Å². The Morgan fingerprint density at radius 2 is 1.92 bits per heavy atom. The maximum atomic E-state index is 12.2. The number of anilines is 1. The molecule has 0 aliphatic heterocycles. The van der Waals surface area contributed by atoms with E-state index in [4.69, 9.17) is 15.3 Å². The van der Waals surface area contributed by atoms with E-state index in [9.17, 15) is 4.79 Å². The molecule has 0 saturated carbocycles. The molecule has 0 saturated heterocycles. The first-order valence-electron chi connectivity index (χ1n) is 8.20. The Morgan fingerprint density at radius 1 is 1.19 bits per heavy atom. The van der Waals surface area contributed by atoms with Gasteiger partial charge < -0.3 is 15.0 Å². The first-order valence-corrected chi connectivity index (χ1v) is 8.20. The third-order valence-corrected chi connectivity index (χ3v) is 3.74. The molecule has 0 bridgehead atoms. The highest BCUT2D eigenvalue weighted by atomic mass is 16.5. The Labute approximate surface area is 153 Å². The lowest BCUT2D eigenvalue weighted by Crippen LogP contribution is -2.39. The first kappa shape index (κ1) is 18.8. The van der Waals surface area contributed by atoms with Gasteiger partial charge in [0.2, 0.25) is 5.91 Å². The van der Waals surface area contributed by atoms with Gasteiger partial charge in [0.1, 0.15) is 17.5 Å². The van der Waals surface area contributed by atoms with Gasteiger partial charge in [-0.05, 0) is 49.4 Å². The van der Waals surface area contributed by atoms with Crippen LogP contribution in [0, 0.1) is 22.7 Å². The molecule has 0 fully saturated rings. The Morgan fingerprint density at radius 3 is 2.58 bits per heavy atom. The highest BCUT2D eigenvalue weighted by Crippen LogP contribution is 2.24. The van der Waals surface area contributed by atoms with E-state index in [0.717, 1.165) is 5.69 Å². The van der Waals surface area contributed by atoms with E-state index in [-0.39, 0.29) is 5.91 Å². The van der Waals surface area contributed by atoms with Gasteiger partial charge in [0.05, 0.1) is 24.1 Å². The zero-order chi connectivity index (χ0) is 18.9. The van der Waals surface area contributed by atoms with Gasteiger partial charge in [-0.1, -0.05) is 6.07 Å². The highest BCUT2D eigenvalue weighted by molar-refractivity contribution is 5.84. The molecule has 2 aromatic rings. The highest BCUT2D eigenvalue weighted by Gasteiger charge is 2.16. The van der Waals surface area contributed by atoms with Crippen molar-refractivity contribution in [3.05, 3.63) is 54.1 Å². The van der Waals surface area contributed by atoms with E-state index in [2.05, 4.69) is 11.4 Å². The van der Waals surface area contributed by atoms with E-state index in [1.54, 1.807) is 55.3 Å². The lowest BCUT2D eigenvalue weighted by Gasteiger charge is -2.22. The van der Waals surface area contributed by atoms with Crippen molar-refractivity contribution in [1.82, 2.24) is 4.90 Å². The molecule has 0 aromatic heterocycles. The monoisotopic (exact) mass is 348 g/mol. The fourth-order valence-corrected chi connectivity index (χ4v) is 2.35. The third-order valence-electron chi connectivity index (χ3n) is 3.74. The van der Waals surface area contributed by atoms with Crippen LogP contribution in [0.5, 0.6) is 11.5 Å². The van der Waals surface area contributed by atoms with Crippen LogP contribution >= 0.6 is 0 Å². The Hall–Kier alpha value is -3.51. The summed E-state index contributed by atoms with van der Waals surface area (Å²) in [4.78, 5) is 13.8. The van der Waals surface area contributed by atoms with Gasteiger partial charge in [-0.3, -0.25) is 4.79 Å². The molecule has 6 nitrogen and oxygen atoms in total. The van der Waals surface area contributed by atoms with Gasteiger partial charge in [0.15, 0.2) is 0 Å². The fraction of sp³-hybridized carbons (Fsp3) is 0.250. The van der Waals surface area contributed by atoms with Gasteiger partial charge in [-0.2, -0.15) is 10.5 Å². The van der Waals surface area contributed by atoms with E-state index in [0.29, 0.717) is 30.0 Å². The number of amides is 1. The van der Waals surface area contributed by atoms with Crippen molar-refractivity contribution in [1.29, 1.82) is 10.5 Å². The maximum absolute atomic E-state index is 12.2.